The third-order valence-corrected chi connectivity index (χ3v) is 4.85. The molecule has 0 spiro atoms. The molecule has 2 aromatic heterocycles. The van der Waals surface area contributed by atoms with Crippen molar-refractivity contribution >= 4 is 11.7 Å². The molecule has 1 atom stereocenters. The van der Waals surface area contributed by atoms with Gasteiger partial charge in [-0.3, -0.25) is 4.79 Å². The number of hydrogen-bond acceptors (Lipinski definition) is 7. The largest absolute Gasteiger partial charge is 0.497 e. The Hall–Kier alpha value is -3.55. The molecule has 3 heterocycles. The van der Waals surface area contributed by atoms with Crippen LogP contribution in [0.3, 0.4) is 0 Å². The molecule has 1 aliphatic rings. The smallest absolute Gasteiger partial charge is 0.289 e. The van der Waals surface area contributed by atoms with Gasteiger partial charge in [0.05, 0.1) is 13.4 Å². The van der Waals surface area contributed by atoms with E-state index in [0.717, 1.165) is 11.6 Å². The van der Waals surface area contributed by atoms with Crippen molar-refractivity contribution < 1.29 is 18.7 Å². The number of piperazine rings is 1. The first-order valence-corrected chi connectivity index (χ1v) is 9.37. The van der Waals surface area contributed by atoms with E-state index in [0.29, 0.717) is 37.0 Å². The molecular formula is C21H22N4O4. The van der Waals surface area contributed by atoms with E-state index in [2.05, 4.69) is 14.9 Å². The summed E-state index contributed by atoms with van der Waals surface area (Å²) in [5.41, 5.74) is 0. The molecule has 1 aromatic carbocycles. The van der Waals surface area contributed by atoms with Crippen LogP contribution in [0.15, 0.2) is 59.5 Å². The van der Waals surface area contributed by atoms with Gasteiger partial charge in [0.15, 0.2) is 5.76 Å². The molecule has 1 saturated heterocycles. The minimum Gasteiger partial charge on any atom is -0.497 e. The van der Waals surface area contributed by atoms with Gasteiger partial charge in [0.1, 0.15) is 23.6 Å². The number of methoxy groups -OCH3 is 1. The van der Waals surface area contributed by atoms with Crippen molar-refractivity contribution in [1.82, 2.24) is 14.9 Å². The maximum atomic E-state index is 12.6. The molecule has 8 heteroatoms. The van der Waals surface area contributed by atoms with E-state index in [1.54, 1.807) is 25.3 Å². The number of aromatic nitrogens is 2. The molecule has 1 unspecified atom stereocenters. The summed E-state index contributed by atoms with van der Waals surface area (Å²) in [4.78, 5) is 25.1. The molecule has 150 valence electrons. The highest BCUT2D eigenvalue weighted by Gasteiger charge is 2.30. The van der Waals surface area contributed by atoms with Crippen LogP contribution in [-0.2, 0) is 0 Å². The second-order valence-electron chi connectivity index (χ2n) is 6.76. The summed E-state index contributed by atoms with van der Waals surface area (Å²) in [6.45, 7) is 3.92. The fourth-order valence-corrected chi connectivity index (χ4v) is 3.33. The summed E-state index contributed by atoms with van der Waals surface area (Å²) in [6.07, 6.45) is 3.00. The molecule has 0 radical (unpaired) electrons. The summed E-state index contributed by atoms with van der Waals surface area (Å²) in [5.74, 6) is 2.92. The zero-order valence-corrected chi connectivity index (χ0v) is 16.3. The first-order chi connectivity index (χ1) is 14.1. The molecule has 8 nitrogen and oxygen atoms in total. The molecule has 4 rings (SSSR count). The maximum Gasteiger partial charge on any atom is 0.289 e. The van der Waals surface area contributed by atoms with E-state index in [-0.39, 0.29) is 11.9 Å². The standard InChI is InChI=1S/C21H22N4O4/c1-15-13-24(9-10-25(15)21(26)18-4-3-11-28-18)19-12-20(23-14-22-19)29-17-7-5-16(27-2)6-8-17/h3-8,11-12,14-15H,9-10,13H2,1-2H3. The first kappa shape index (κ1) is 18.8. The first-order valence-electron chi connectivity index (χ1n) is 9.37. The zero-order valence-electron chi connectivity index (χ0n) is 16.3. The predicted octanol–water partition coefficient (Wildman–Crippen LogP) is 3.22. The Morgan fingerprint density at radius 3 is 2.62 bits per heavy atom. The summed E-state index contributed by atoms with van der Waals surface area (Å²) in [6, 6.07) is 12.5. The highest BCUT2D eigenvalue weighted by molar-refractivity contribution is 5.91. The summed E-state index contributed by atoms with van der Waals surface area (Å²) in [7, 11) is 1.62. The van der Waals surface area contributed by atoms with E-state index >= 15 is 0 Å². The van der Waals surface area contributed by atoms with Gasteiger partial charge in [0, 0.05) is 31.7 Å². The highest BCUT2D eigenvalue weighted by Crippen LogP contribution is 2.25. The van der Waals surface area contributed by atoms with Crippen LogP contribution in [0, 0.1) is 0 Å². The number of hydrogen-bond donors (Lipinski definition) is 0. The van der Waals surface area contributed by atoms with Gasteiger partial charge in [-0.25, -0.2) is 9.97 Å². The van der Waals surface area contributed by atoms with Gasteiger partial charge in [-0.15, -0.1) is 0 Å². The zero-order chi connectivity index (χ0) is 20.2. The summed E-state index contributed by atoms with van der Waals surface area (Å²) in [5, 5.41) is 0. The Balaban J connectivity index is 1.43. The van der Waals surface area contributed by atoms with Crippen LogP contribution in [0.25, 0.3) is 0 Å². The van der Waals surface area contributed by atoms with Crippen LogP contribution >= 0.6 is 0 Å². The van der Waals surface area contributed by atoms with E-state index in [1.165, 1.54) is 12.6 Å². The normalized spacial score (nSPS) is 16.6. The third kappa shape index (κ3) is 4.16. The lowest BCUT2D eigenvalue weighted by atomic mass is 10.1. The number of carbonyl (C=O) groups excluding carboxylic acids is 1. The number of carbonyl (C=O) groups is 1. The Labute approximate surface area is 168 Å². The van der Waals surface area contributed by atoms with Crippen LogP contribution in [0.2, 0.25) is 0 Å². The van der Waals surface area contributed by atoms with Crippen molar-refractivity contribution in [1.29, 1.82) is 0 Å². The van der Waals surface area contributed by atoms with E-state index < -0.39 is 0 Å². The van der Waals surface area contributed by atoms with Gasteiger partial charge in [-0.2, -0.15) is 0 Å². The fourth-order valence-electron chi connectivity index (χ4n) is 3.33. The Morgan fingerprint density at radius 1 is 1.14 bits per heavy atom. The number of anilines is 1. The minimum absolute atomic E-state index is 0.0160. The molecule has 29 heavy (non-hydrogen) atoms. The van der Waals surface area contributed by atoms with Gasteiger partial charge in [0.2, 0.25) is 5.88 Å². The molecule has 1 amide bonds. The van der Waals surface area contributed by atoms with Crippen LogP contribution in [0.4, 0.5) is 5.82 Å². The minimum atomic E-state index is -0.0895. The number of nitrogens with zero attached hydrogens (tertiary/aromatic N) is 4. The topological polar surface area (TPSA) is 80.9 Å². The van der Waals surface area contributed by atoms with E-state index in [1.807, 2.05) is 36.1 Å². The maximum absolute atomic E-state index is 12.6. The molecule has 3 aromatic rings. The van der Waals surface area contributed by atoms with E-state index in [4.69, 9.17) is 13.9 Å². The quantitative estimate of drug-likeness (QED) is 0.657. The lowest BCUT2D eigenvalue weighted by Crippen LogP contribution is -2.54. The third-order valence-electron chi connectivity index (χ3n) is 4.85. The number of rotatable bonds is 5. The fraction of sp³-hybridized carbons (Fsp3) is 0.286. The average molecular weight is 394 g/mol. The average Bonchev–Trinajstić information content (AvgIpc) is 3.29. The molecule has 0 saturated carbocycles. The number of amides is 1. The lowest BCUT2D eigenvalue weighted by molar-refractivity contribution is 0.0641. The van der Waals surface area contributed by atoms with Gasteiger partial charge >= 0.3 is 0 Å². The molecular weight excluding hydrogens is 372 g/mol. The van der Waals surface area contributed by atoms with Crippen molar-refractivity contribution in [2.24, 2.45) is 0 Å². The molecule has 0 bridgehead atoms. The monoisotopic (exact) mass is 394 g/mol. The Kier molecular flexibility index (Phi) is 5.33. The molecule has 1 fully saturated rings. The van der Waals surface area contributed by atoms with E-state index in [9.17, 15) is 4.79 Å². The van der Waals surface area contributed by atoms with Gasteiger partial charge < -0.3 is 23.7 Å². The van der Waals surface area contributed by atoms with Gasteiger partial charge in [0.25, 0.3) is 5.91 Å². The Bertz CT molecular complexity index is 959. The Morgan fingerprint density at radius 2 is 1.93 bits per heavy atom. The second-order valence-corrected chi connectivity index (χ2v) is 6.76. The number of benzene rings is 1. The van der Waals surface area contributed by atoms with Crippen LogP contribution in [-0.4, -0.2) is 53.6 Å². The SMILES string of the molecule is COc1ccc(Oc2cc(N3CCN(C(=O)c4ccco4)C(C)C3)ncn2)cc1. The van der Waals surface area contributed by atoms with Gasteiger partial charge in [-0.1, -0.05) is 0 Å². The van der Waals surface area contributed by atoms with Crippen LogP contribution in [0.1, 0.15) is 17.5 Å². The highest BCUT2D eigenvalue weighted by atomic mass is 16.5. The van der Waals surface area contributed by atoms with Crippen molar-refractivity contribution in [3.63, 3.8) is 0 Å². The van der Waals surface area contributed by atoms with Crippen molar-refractivity contribution in [2.75, 3.05) is 31.6 Å². The number of ether oxygens (including phenoxy) is 2. The molecule has 0 aliphatic carbocycles. The summed E-state index contributed by atoms with van der Waals surface area (Å²) < 4.78 is 16.2. The second kappa shape index (κ2) is 8.22. The molecule has 1 aliphatic heterocycles. The van der Waals surface area contributed by atoms with Crippen molar-refractivity contribution in [2.45, 2.75) is 13.0 Å². The number of furan rings is 1. The van der Waals surface area contributed by atoms with Crippen molar-refractivity contribution in [3.05, 3.63) is 60.8 Å². The van der Waals surface area contributed by atoms with Crippen LogP contribution < -0.4 is 14.4 Å². The van der Waals surface area contributed by atoms with Crippen LogP contribution in [0.5, 0.6) is 17.4 Å². The predicted molar refractivity (Wildman–Crippen MR) is 107 cm³/mol. The van der Waals surface area contributed by atoms with Crippen molar-refractivity contribution in [3.8, 4) is 17.4 Å². The van der Waals surface area contributed by atoms with Gasteiger partial charge in [-0.05, 0) is 43.3 Å². The molecule has 0 N–H and O–H groups in total. The summed E-state index contributed by atoms with van der Waals surface area (Å²) >= 11 is 0. The lowest BCUT2D eigenvalue weighted by Gasteiger charge is -2.40.